The number of carboxylic acid groups (broad SMARTS) is 1. The molecule has 23 heteroatoms. The fourth-order valence-electron chi connectivity index (χ4n) is 7.34. The molecule has 0 aromatic heterocycles. The predicted molar refractivity (Wildman–Crippen MR) is 243 cm³/mol. The number of nitrogens with zero attached hydrogens (tertiary/aromatic N) is 1. The summed E-state index contributed by atoms with van der Waals surface area (Å²) < 4.78 is 0. The number of rotatable bonds is 27. The molecule has 10 atom stereocenters. The lowest BCUT2D eigenvalue weighted by atomic mass is 9.96. The van der Waals surface area contributed by atoms with E-state index in [4.69, 9.17) is 17.2 Å². The number of aliphatic hydroxyl groups is 2. The van der Waals surface area contributed by atoms with Crippen LogP contribution in [0.15, 0.2) is 60.7 Å². The highest BCUT2D eigenvalue weighted by molar-refractivity contribution is 5.99. The van der Waals surface area contributed by atoms with Gasteiger partial charge >= 0.3 is 5.97 Å². The monoisotopic (exact) mass is 952 g/mol. The van der Waals surface area contributed by atoms with E-state index < -0.39 is 139 Å². The third-order valence-electron chi connectivity index (χ3n) is 11.4. The second-order valence-corrected chi connectivity index (χ2v) is 16.7. The Hall–Kier alpha value is -6.98. The topological polar surface area (TPSA) is 385 Å². The number of benzene rings is 2. The first kappa shape index (κ1) is 55.3. The fourth-order valence-corrected chi connectivity index (χ4v) is 7.34. The molecule has 68 heavy (non-hydrogen) atoms. The maximum atomic E-state index is 14.6. The van der Waals surface area contributed by atoms with Gasteiger partial charge in [0.1, 0.15) is 42.3 Å². The summed E-state index contributed by atoms with van der Waals surface area (Å²) in [5.41, 5.74) is 17.7. The molecule has 372 valence electrons. The van der Waals surface area contributed by atoms with Gasteiger partial charge < -0.3 is 69.3 Å². The summed E-state index contributed by atoms with van der Waals surface area (Å²) in [7, 11) is 0. The first-order chi connectivity index (χ1) is 32.2. The number of carbonyl (C=O) groups excluding carboxylic acids is 9. The Labute approximate surface area is 393 Å². The lowest BCUT2D eigenvalue weighted by Crippen LogP contribution is -2.61. The number of nitrogens with one attached hydrogen (secondary N) is 6. The van der Waals surface area contributed by atoms with Gasteiger partial charge in [-0.2, -0.15) is 0 Å². The zero-order valence-electron chi connectivity index (χ0n) is 38.2. The summed E-state index contributed by atoms with van der Waals surface area (Å²) in [6.45, 7) is 3.76. The maximum Gasteiger partial charge on any atom is 0.328 e. The van der Waals surface area contributed by atoms with E-state index in [0.29, 0.717) is 24.0 Å². The van der Waals surface area contributed by atoms with Gasteiger partial charge in [-0.05, 0) is 43.2 Å². The molecule has 1 fully saturated rings. The van der Waals surface area contributed by atoms with Gasteiger partial charge in [0.05, 0.1) is 19.1 Å². The zero-order valence-corrected chi connectivity index (χ0v) is 38.2. The molecule has 0 bridgehead atoms. The number of likely N-dealkylation sites (tertiary alicyclic amines) is 1. The van der Waals surface area contributed by atoms with Crippen LogP contribution in [0.3, 0.4) is 0 Å². The predicted octanol–water partition coefficient (Wildman–Crippen LogP) is -3.66. The van der Waals surface area contributed by atoms with Gasteiger partial charge in [-0.25, -0.2) is 4.79 Å². The first-order valence-electron chi connectivity index (χ1n) is 22.2. The fraction of sp³-hybridized carbons (Fsp3) is 0.511. The number of carboxylic acids is 1. The van der Waals surface area contributed by atoms with Crippen molar-refractivity contribution in [2.45, 2.75) is 127 Å². The van der Waals surface area contributed by atoms with Crippen molar-refractivity contribution in [3.8, 4) is 0 Å². The number of nitrogens with two attached hydrogens (primary N) is 3. The van der Waals surface area contributed by atoms with Gasteiger partial charge in [0.2, 0.25) is 53.2 Å². The summed E-state index contributed by atoms with van der Waals surface area (Å²) in [5, 5.41) is 43.7. The van der Waals surface area contributed by atoms with E-state index >= 15 is 0 Å². The molecule has 1 aliphatic rings. The molecular formula is C45H64N10O13. The SMILES string of the molecule is CC[C@H](C)[C@H](NC(=O)[C@H](CCC(N)=O)NC(=O)[C@@H]1CCCN1C(=O)[C@H](Cc1ccccc1)NC(=O)[C@H](CC(N)=O)NC(=O)[C@H](Cc1ccccc1)NC(=O)[C@@H](N)CO)C(=O)N[C@H](C(=O)O)[C@@H](C)O. The molecule has 23 nitrogen and oxygen atoms in total. The first-order valence-corrected chi connectivity index (χ1v) is 22.2. The van der Waals surface area contributed by atoms with Crippen LogP contribution < -0.4 is 49.1 Å². The van der Waals surface area contributed by atoms with Crippen molar-refractivity contribution < 1.29 is 63.3 Å². The zero-order chi connectivity index (χ0) is 50.7. The number of primary amides is 2. The third kappa shape index (κ3) is 17.0. The minimum atomic E-state index is -1.71. The highest BCUT2D eigenvalue weighted by atomic mass is 16.4. The summed E-state index contributed by atoms with van der Waals surface area (Å²) in [6, 6.07) is 5.31. The molecule has 1 saturated heterocycles. The number of carbonyl (C=O) groups is 10. The van der Waals surface area contributed by atoms with Crippen LogP contribution in [0.4, 0.5) is 0 Å². The van der Waals surface area contributed by atoms with E-state index in [0.717, 1.165) is 6.92 Å². The quantitative estimate of drug-likeness (QED) is 0.0411. The van der Waals surface area contributed by atoms with Crippen molar-refractivity contribution in [1.29, 1.82) is 0 Å². The Morgan fingerprint density at radius 3 is 1.71 bits per heavy atom. The minimum Gasteiger partial charge on any atom is -0.480 e. The number of aliphatic carboxylic acids is 1. The van der Waals surface area contributed by atoms with Crippen molar-refractivity contribution in [3.05, 3.63) is 71.8 Å². The van der Waals surface area contributed by atoms with Crippen LogP contribution in [-0.4, -0.2) is 147 Å². The molecule has 0 unspecified atom stereocenters. The van der Waals surface area contributed by atoms with Gasteiger partial charge in [0, 0.05) is 25.8 Å². The Balaban J connectivity index is 1.91. The van der Waals surface area contributed by atoms with E-state index in [1.54, 1.807) is 74.5 Å². The highest BCUT2D eigenvalue weighted by Gasteiger charge is 2.41. The number of hydrogen-bond donors (Lipinski definition) is 12. The largest absolute Gasteiger partial charge is 0.480 e. The van der Waals surface area contributed by atoms with Crippen LogP contribution in [0.2, 0.25) is 0 Å². The van der Waals surface area contributed by atoms with Crippen LogP contribution in [0.5, 0.6) is 0 Å². The average Bonchev–Trinajstić information content (AvgIpc) is 3.80. The molecule has 0 radical (unpaired) electrons. The average molecular weight is 953 g/mol. The molecule has 1 heterocycles. The van der Waals surface area contributed by atoms with E-state index in [-0.39, 0.29) is 32.2 Å². The second kappa shape index (κ2) is 27.0. The molecule has 0 aliphatic carbocycles. The van der Waals surface area contributed by atoms with Crippen molar-refractivity contribution in [2.75, 3.05) is 13.2 Å². The standard InChI is InChI=1S/C45H64N10O13/c1-4-24(2)36(43(65)54-37(25(3)57)45(67)68)53-39(61)29(17-18-34(47)58)49-42(64)33-16-11-19-55(33)44(66)32(21-27-14-9-6-10-15-27)52-41(63)31(22-35(48)59)51-40(62)30(50-38(60)28(46)23-56)20-26-12-7-5-8-13-26/h5-10,12-15,24-25,28-33,36-37,56-57H,4,11,16-23,46H2,1-3H3,(H2,47,58)(H2,48,59)(H,49,64)(H,50,60)(H,51,62)(H,52,63)(H,53,61)(H,54,65)(H,67,68)/t24-,25+,28-,29-,30-,31-,32-,33-,36-,37-/m0/s1. The second-order valence-electron chi connectivity index (χ2n) is 16.7. The van der Waals surface area contributed by atoms with Crippen molar-refractivity contribution >= 4 is 59.1 Å². The lowest BCUT2D eigenvalue weighted by Gasteiger charge is -2.31. The van der Waals surface area contributed by atoms with E-state index in [1.165, 1.54) is 4.90 Å². The van der Waals surface area contributed by atoms with Crippen LogP contribution in [0, 0.1) is 5.92 Å². The van der Waals surface area contributed by atoms with Gasteiger partial charge in [-0.15, -0.1) is 0 Å². The number of aliphatic hydroxyl groups excluding tert-OH is 2. The van der Waals surface area contributed by atoms with Crippen LogP contribution in [0.25, 0.3) is 0 Å². The molecule has 2 aromatic carbocycles. The van der Waals surface area contributed by atoms with Crippen molar-refractivity contribution in [1.82, 2.24) is 36.8 Å². The van der Waals surface area contributed by atoms with Crippen LogP contribution in [-0.2, 0) is 60.8 Å². The summed E-state index contributed by atoms with van der Waals surface area (Å²) in [6.07, 6.45) is -2.48. The number of amides is 9. The summed E-state index contributed by atoms with van der Waals surface area (Å²) in [4.78, 5) is 134. The third-order valence-corrected chi connectivity index (χ3v) is 11.4. The van der Waals surface area contributed by atoms with Crippen molar-refractivity contribution in [3.63, 3.8) is 0 Å². The molecule has 0 saturated carbocycles. The smallest absolute Gasteiger partial charge is 0.328 e. The molecule has 15 N–H and O–H groups in total. The van der Waals surface area contributed by atoms with Gasteiger partial charge in [0.15, 0.2) is 6.04 Å². The Morgan fingerprint density at radius 2 is 1.19 bits per heavy atom. The molecule has 0 spiro atoms. The Morgan fingerprint density at radius 1 is 0.676 bits per heavy atom. The normalized spacial score (nSPS) is 17.3. The van der Waals surface area contributed by atoms with Gasteiger partial charge in [-0.1, -0.05) is 80.9 Å². The van der Waals surface area contributed by atoms with Crippen LogP contribution >= 0.6 is 0 Å². The minimum absolute atomic E-state index is 0.0127. The van der Waals surface area contributed by atoms with E-state index in [9.17, 15) is 63.3 Å². The summed E-state index contributed by atoms with van der Waals surface area (Å²) in [5.74, 6) is -10.2. The molecule has 3 rings (SSSR count). The Bertz CT molecular complexity index is 2090. The highest BCUT2D eigenvalue weighted by Crippen LogP contribution is 2.21. The number of hydrogen-bond acceptors (Lipinski definition) is 13. The van der Waals surface area contributed by atoms with E-state index in [2.05, 4.69) is 31.9 Å². The van der Waals surface area contributed by atoms with Crippen molar-refractivity contribution in [2.24, 2.45) is 23.1 Å². The summed E-state index contributed by atoms with van der Waals surface area (Å²) >= 11 is 0. The molecule has 2 aromatic rings. The molecule has 9 amide bonds. The van der Waals surface area contributed by atoms with Gasteiger partial charge in [-0.3, -0.25) is 43.2 Å². The van der Waals surface area contributed by atoms with Crippen LogP contribution in [0.1, 0.15) is 70.4 Å². The van der Waals surface area contributed by atoms with Gasteiger partial charge in [0.25, 0.3) is 0 Å². The maximum absolute atomic E-state index is 14.6. The molecule has 1 aliphatic heterocycles. The molecular weight excluding hydrogens is 889 g/mol. The lowest BCUT2D eigenvalue weighted by molar-refractivity contribution is -0.145. The van der Waals surface area contributed by atoms with E-state index in [1.807, 2.05) is 0 Å². The Kier molecular flexibility index (Phi) is 22.0.